The Hall–Kier alpha value is -2.37. The van der Waals surface area contributed by atoms with E-state index in [0.29, 0.717) is 6.42 Å². The van der Waals surface area contributed by atoms with Crippen LogP contribution in [-0.2, 0) is 14.3 Å². The van der Waals surface area contributed by atoms with Gasteiger partial charge >= 0.3 is 0 Å². The van der Waals surface area contributed by atoms with Crippen molar-refractivity contribution in [3.05, 3.63) is 72.9 Å². The fraction of sp³-hybridized carbons (Fsp3) is 0.755. The third-order valence-corrected chi connectivity index (χ3v) is 11.5. The molecule has 0 saturated carbocycles. The number of carbonyl (C=O) groups excluding carboxylic acids is 1. The number of allylic oxidation sites excluding steroid dienone is 11. The molecule has 9 nitrogen and oxygen atoms in total. The Labute approximate surface area is 378 Å². The number of rotatable bonds is 41. The summed E-state index contributed by atoms with van der Waals surface area (Å²) < 4.78 is 11.2. The molecule has 1 rings (SSSR count). The van der Waals surface area contributed by atoms with Gasteiger partial charge in [-0.1, -0.05) is 183 Å². The number of unbranched alkanes of at least 4 members (excludes halogenated alkanes) is 21. The summed E-state index contributed by atoms with van der Waals surface area (Å²) in [5.41, 5.74) is 0. The fourth-order valence-corrected chi connectivity index (χ4v) is 7.43. The van der Waals surface area contributed by atoms with Crippen LogP contribution in [0.3, 0.4) is 0 Å². The van der Waals surface area contributed by atoms with Crippen LogP contribution in [0, 0.1) is 0 Å². The van der Waals surface area contributed by atoms with Crippen LogP contribution in [0.1, 0.15) is 200 Å². The van der Waals surface area contributed by atoms with Crippen LogP contribution in [0.15, 0.2) is 72.9 Å². The van der Waals surface area contributed by atoms with Crippen LogP contribution in [0.4, 0.5) is 0 Å². The van der Waals surface area contributed by atoms with Gasteiger partial charge in [-0.2, -0.15) is 0 Å². The van der Waals surface area contributed by atoms with Crippen molar-refractivity contribution in [2.24, 2.45) is 0 Å². The van der Waals surface area contributed by atoms with Crippen molar-refractivity contribution in [2.75, 3.05) is 13.2 Å². The Morgan fingerprint density at radius 1 is 0.548 bits per heavy atom. The highest BCUT2D eigenvalue weighted by atomic mass is 16.7. The van der Waals surface area contributed by atoms with Gasteiger partial charge in [0.2, 0.25) is 5.91 Å². The van der Waals surface area contributed by atoms with E-state index in [9.17, 15) is 30.3 Å². The first-order valence-corrected chi connectivity index (χ1v) is 25.2. The van der Waals surface area contributed by atoms with E-state index >= 15 is 0 Å². The first kappa shape index (κ1) is 57.6. The fourth-order valence-electron chi connectivity index (χ4n) is 7.43. The molecule has 1 saturated heterocycles. The standard InChI is InChI=1S/C53H93NO8/c1-3-5-7-9-11-13-15-17-19-21-22-23-24-25-26-27-29-31-33-35-37-39-41-43-49(57)54-46(45-61-53-52(60)51(59)50(58)48(44-55)62-53)47(56)42-40-38-36-34-32-30-28-20-18-16-14-12-10-8-6-4-2/h15,17-18,20-22,24-25,32,34,40,42,46-48,50-53,55-56,58-60H,3-14,16,19,23,26-31,33,35-39,41,43-45H2,1-2H3,(H,54,57)/b17-15-,20-18+,22-21-,25-24-,34-32+,42-40+. The Morgan fingerprint density at radius 3 is 1.47 bits per heavy atom. The largest absolute Gasteiger partial charge is 0.394 e. The lowest BCUT2D eigenvalue weighted by molar-refractivity contribution is -0.302. The van der Waals surface area contributed by atoms with Gasteiger partial charge in [0.1, 0.15) is 24.4 Å². The lowest BCUT2D eigenvalue weighted by Crippen LogP contribution is -2.60. The average molecular weight is 872 g/mol. The molecule has 7 atom stereocenters. The van der Waals surface area contributed by atoms with Gasteiger partial charge in [0.05, 0.1) is 25.4 Å². The SMILES string of the molecule is CCCCCCC/C=C\C/C=C\C/C=C\CCCCCCCCCCC(=O)NC(COC1OC(CO)C(O)C(O)C1O)C(O)/C=C/CC/C=C/CC/C=C/CCCCCCCC. The van der Waals surface area contributed by atoms with Crippen LogP contribution in [0.5, 0.6) is 0 Å². The Balaban J connectivity index is 2.34. The van der Waals surface area contributed by atoms with E-state index in [2.05, 4.69) is 79.9 Å². The summed E-state index contributed by atoms with van der Waals surface area (Å²) in [6.45, 7) is 3.72. The van der Waals surface area contributed by atoms with Crippen LogP contribution in [0.2, 0.25) is 0 Å². The molecule has 1 amide bonds. The maximum atomic E-state index is 13.0. The molecule has 0 bridgehead atoms. The maximum absolute atomic E-state index is 13.0. The lowest BCUT2D eigenvalue weighted by Gasteiger charge is -2.40. The normalized spacial score (nSPS) is 20.9. The van der Waals surface area contributed by atoms with Crippen molar-refractivity contribution < 1.29 is 39.8 Å². The zero-order valence-electron chi connectivity index (χ0n) is 39.4. The second-order valence-corrected chi connectivity index (χ2v) is 17.2. The molecule has 0 radical (unpaired) electrons. The highest BCUT2D eigenvalue weighted by Crippen LogP contribution is 2.22. The number of nitrogens with one attached hydrogen (secondary N) is 1. The number of aliphatic hydroxyl groups excluding tert-OH is 5. The summed E-state index contributed by atoms with van der Waals surface area (Å²) in [4.78, 5) is 13.0. The van der Waals surface area contributed by atoms with E-state index in [1.54, 1.807) is 6.08 Å². The van der Waals surface area contributed by atoms with Gasteiger partial charge in [-0.05, 0) is 83.5 Å². The molecule has 6 N–H and O–H groups in total. The van der Waals surface area contributed by atoms with E-state index < -0.39 is 49.5 Å². The molecule has 1 aliphatic rings. The van der Waals surface area contributed by atoms with Crippen molar-refractivity contribution in [1.29, 1.82) is 0 Å². The van der Waals surface area contributed by atoms with Gasteiger partial charge in [0.15, 0.2) is 6.29 Å². The molecule has 0 aromatic heterocycles. The molecule has 358 valence electrons. The highest BCUT2D eigenvalue weighted by molar-refractivity contribution is 5.76. The number of hydrogen-bond donors (Lipinski definition) is 6. The number of ether oxygens (including phenoxy) is 2. The monoisotopic (exact) mass is 872 g/mol. The first-order valence-electron chi connectivity index (χ1n) is 25.2. The first-order chi connectivity index (χ1) is 30.3. The summed E-state index contributed by atoms with van der Waals surface area (Å²) in [6.07, 6.45) is 50.9. The second-order valence-electron chi connectivity index (χ2n) is 17.2. The third kappa shape index (κ3) is 32.3. The van der Waals surface area contributed by atoms with Crippen LogP contribution < -0.4 is 5.32 Å². The van der Waals surface area contributed by atoms with Crippen LogP contribution >= 0.6 is 0 Å². The van der Waals surface area contributed by atoms with E-state index in [0.717, 1.165) is 77.0 Å². The van der Waals surface area contributed by atoms with Crippen LogP contribution in [0.25, 0.3) is 0 Å². The van der Waals surface area contributed by atoms with Crippen molar-refractivity contribution in [3.63, 3.8) is 0 Å². The van der Waals surface area contributed by atoms with E-state index in [1.165, 1.54) is 103 Å². The molecule has 0 spiro atoms. The predicted octanol–water partition coefficient (Wildman–Crippen LogP) is 11.3. The summed E-state index contributed by atoms with van der Waals surface area (Å²) in [5.74, 6) is -0.201. The molecular formula is C53H93NO8. The third-order valence-electron chi connectivity index (χ3n) is 11.5. The van der Waals surface area contributed by atoms with Gasteiger partial charge in [0, 0.05) is 6.42 Å². The summed E-state index contributed by atoms with van der Waals surface area (Å²) in [5, 5.41) is 54.3. The molecule has 1 fully saturated rings. The van der Waals surface area contributed by atoms with Crippen molar-refractivity contribution >= 4 is 5.91 Å². The van der Waals surface area contributed by atoms with E-state index in [-0.39, 0.29) is 12.5 Å². The molecule has 0 aromatic carbocycles. The zero-order valence-corrected chi connectivity index (χ0v) is 39.4. The predicted molar refractivity (Wildman–Crippen MR) is 258 cm³/mol. The molecule has 0 aromatic rings. The Bertz CT molecular complexity index is 1200. The number of aliphatic hydroxyl groups is 5. The molecular weight excluding hydrogens is 779 g/mol. The summed E-state index contributed by atoms with van der Waals surface area (Å²) >= 11 is 0. The van der Waals surface area contributed by atoms with Crippen molar-refractivity contribution in [3.8, 4) is 0 Å². The Kier molecular flexibility index (Phi) is 39.6. The minimum atomic E-state index is -1.58. The maximum Gasteiger partial charge on any atom is 0.220 e. The van der Waals surface area contributed by atoms with Gasteiger partial charge in [0.25, 0.3) is 0 Å². The van der Waals surface area contributed by atoms with E-state index in [1.807, 2.05) is 6.08 Å². The van der Waals surface area contributed by atoms with Gasteiger partial charge < -0.3 is 40.3 Å². The van der Waals surface area contributed by atoms with E-state index in [4.69, 9.17) is 9.47 Å². The van der Waals surface area contributed by atoms with Gasteiger partial charge in [-0.3, -0.25) is 4.79 Å². The molecule has 62 heavy (non-hydrogen) atoms. The topological polar surface area (TPSA) is 149 Å². The number of hydrogen-bond acceptors (Lipinski definition) is 8. The molecule has 1 heterocycles. The average Bonchev–Trinajstić information content (AvgIpc) is 3.27. The second kappa shape index (κ2) is 42.6. The quantitative estimate of drug-likeness (QED) is 0.0263. The minimum Gasteiger partial charge on any atom is -0.394 e. The molecule has 7 unspecified atom stereocenters. The number of amides is 1. The zero-order chi connectivity index (χ0) is 45.1. The number of carbonyl (C=O) groups is 1. The van der Waals surface area contributed by atoms with Gasteiger partial charge in [-0.15, -0.1) is 0 Å². The lowest BCUT2D eigenvalue weighted by atomic mass is 9.99. The molecule has 9 heteroatoms. The minimum absolute atomic E-state index is 0.201. The Morgan fingerprint density at radius 2 is 0.968 bits per heavy atom. The van der Waals surface area contributed by atoms with Crippen molar-refractivity contribution in [1.82, 2.24) is 5.32 Å². The highest BCUT2D eigenvalue weighted by Gasteiger charge is 2.44. The smallest absolute Gasteiger partial charge is 0.220 e. The van der Waals surface area contributed by atoms with Gasteiger partial charge in [-0.25, -0.2) is 0 Å². The summed E-state index contributed by atoms with van der Waals surface area (Å²) in [7, 11) is 0. The van der Waals surface area contributed by atoms with Crippen molar-refractivity contribution in [2.45, 2.75) is 243 Å². The molecule has 1 aliphatic heterocycles. The summed E-state index contributed by atoms with van der Waals surface area (Å²) in [6, 6.07) is -0.835. The van der Waals surface area contributed by atoms with Crippen LogP contribution in [-0.4, -0.2) is 87.5 Å². The molecule has 0 aliphatic carbocycles.